The normalized spacial score (nSPS) is 20.6. The minimum atomic E-state index is -0.697. The van der Waals surface area contributed by atoms with Gasteiger partial charge in [-0.2, -0.15) is 0 Å². The van der Waals surface area contributed by atoms with Crippen LogP contribution in [0.5, 0.6) is 5.75 Å². The molecule has 30 heavy (non-hydrogen) atoms. The smallest absolute Gasteiger partial charge is 0.321 e. The van der Waals surface area contributed by atoms with Crippen LogP contribution in [0.4, 0.5) is 10.5 Å². The summed E-state index contributed by atoms with van der Waals surface area (Å²) in [6.07, 6.45) is 4.06. The Labute approximate surface area is 175 Å². The molecule has 0 bridgehead atoms. The highest BCUT2D eigenvalue weighted by molar-refractivity contribution is 5.98. The van der Waals surface area contributed by atoms with E-state index in [0.29, 0.717) is 17.4 Å². The molecule has 0 spiro atoms. The van der Waals surface area contributed by atoms with Crippen LogP contribution in [0, 0.1) is 5.92 Å². The molecule has 9 nitrogen and oxygen atoms in total. The van der Waals surface area contributed by atoms with Gasteiger partial charge >= 0.3 is 12.0 Å². The van der Waals surface area contributed by atoms with E-state index in [2.05, 4.69) is 17.6 Å². The fourth-order valence-electron chi connectivity index (χ4n) is 3.72. The molecule has 162 valence electrons. The molecule has 1 heterocycles. The number of fused-ring (bicyclic) bond motifs is 1. The maximum Gasteiger partial charge on any atom is 0.321 e. The Kier molecular flexibility index (Phi) is 7.26. The number of hydrogen-bond acceptors (Lipinski definition) is 6. The number of anilines is 1. The number of nitrogens with one attached hydrogen (secondary N) is 2. The van der Waals surface area contributed by atoms with Crippen LogP contribution in [0.15, 0.2) is 24.3 Å². The second-order valence-electron chi connectivity index (χ2n) is 7.60. The van der Waals surface area contributed by atoms with Gasteiger partial charge in [-0.15, -0.1) is 0 Å². The largest absolute Gasteiger partial charge is 0.482 e. The van der Waals surface area contributed by atoms with Gasteiger partial charge < -0.3 is 19.7 Å². The van der Waals surface area contributed by atoms with E-state index >= 15 is 0 Å². The van der Waals surface area contributed by atoms with Crippen molar-refractivity contribution in [1.82, 2.24) is 10.6 Å². The molecular weight excluding hydrogens is 390 g/mol. The fourth-order valence-corrected chi connectivity index (χ4v) is 3.72. The van der Waals surface area contributed by atoms with Crippen molar-refractivity contribution in [3.05, 3.63) is 24.3 Å². The summed E-state index contributed by atoms with van der Waals surface area (Å²) in [6.45, 7) is 1.54. The highest BCUT2D eigenvalue weighted by atomic mass is 16.5. The number of ether oxygens (including phenoxy) is 2. The number of carbonyl (C=O) groups excluding carboxylic acids is 4. The highest BCUT2D eigenvalue weighted by Gasteiger charge is 2.26. The Balaban J connectivity index is 1.39. The lowest BCUT2D eigenvalue weighted by molar-refractivity contribution is -0.148. The number of amides is 4. The van der Waals surface area contributed by atoms with Gasteiger partial charge in [0.2, 0.25) is 0 Å². The lowest BCUT2D eigenvalue weighted by atomic mass is 9.86. The second kappa shape index (κ2) is 10.1. The lowest BCUT2D eigenvalue weighted by Crippen LogP contribution is -2.48. The van der Waals surface area contributed by atoms with E-state index in [9.17, 15) is 19.2 Å². The van der Waals surface area contributed by atoms with Gasteiger partial charge in [-0.1, -0.05) is 31.9 Å². The van der Waals surface area contributed by atoms with Crippen molar-refractivity contribution in [2.45, 2.75) is 45.1 Å². The quantitative estimate of drug-likeness (QED) is 0.682. The third-order valence-electron chi connectivity index (χ3n) is 5.39. The van der Waals surface area contributed by atoms with E-state index in [-0.39, 0.29) is 31.5 Å². The van der Waals surface area contributed by atoms with Crippen molar-refractivity contribution in [2.75, 3.05) is 24.7 Å². The van der Waals surface area contributed by atoms with Crippen molar-refractivity contribution in [2.24, 2.45) is 5.92 Å². The standard InChI is InChI=1S/C21H27N3O6/c1-14-6-2-3-7-15(14)22-21(28)23-18(25)12-30-20(27)10-11-24-16-8-4-5-9-17(16)29-13-19(24)26/h4-5,8-9,14-15H,2-3,6-7,10-13H2,1H3,(H2,22,23,25,28)/t14-,15+/m1/s1. The van der Waals surface area contributed by atoms with Crippen molar-refractivity contribution < 1.29 is 28.7 Å². The molecule has 0 unspecified atom stereocenters. The van der Waals surface area contributed by atoms with E-state index in [1.807, 2.05) is 0 Å². The average Bonchev–Trinajstić information content (AvgIpc) is 2.73. The van der Waals surface area contributed by atoms with Crippen LogP contribution in [-0.4, -0.2) is 49.6 Å². The molecule has 1 fully saturated rings. The first-order chi connectivity index (χ1) is 14.4. The molecule has 2 N–H and O–H groups in total. The molecule has 3 rings (SSSR count). The van der Waals surface area contributed by atoms with Crippen LogP contribution < -0.4 is 20.3 Å². The van der Waals surface area contributed by atoms with Crippen LogP contribution in [0.1, 0.15) is 39.0 Å². The van der Waals surface area contributed by atoms with Gasteiger partial charge in [0.1, 0.15) is 5.75 Å². The number of rotatable bonds is 6. The molecule has 0 radical (unpaired) electrons. The molecule has 1 aliphatic carbocycles. The maximum atomic E-state index is 12.1. The minimum Gasteiger partial charge on any atom is -0.482 e. The predicted molar refractivity (Wildman–Crippen MR) is 108 cm³/mol. The molecular formula is C21H27N3O6. The Morgan fingerprint density at radius 2 is 1.97 bits per heavy atom. The van der Waals surface area contributed by atoms with Crippen molar-refractivity contribution in [1.29, 1.82) is 0 Å². The van der Waals surface area contributed by atoms with E-state index in [0.717, 1.165) is 25.7 Å². The summed E-state index contributed by atoms with van der Waals surface area (Å²) in [4.78, 5) is 49.4. The number of carbonyl (C=O) groups is 4. The molecule has 4 amide bonds. The Morgan fingerprint density at radius 3 is 2.77 bits per heavy atom. The molecule has 2 aliphatic rings. The third-order valence-corrected chi connectivity index (χ3v) is 5.39. The first-order valence-corrected chi connectivity index (χ1v) is 10.2. The molecule has 1 saturated carbocycles. The molecule has 2 atom stereocenters. The van der Waals surface area contributed by atoms with E-state index in [1.165, 1.54) is 4.90 Å². The Bertz CT molecular complexity index is 812. The van der Waals surface area contributed by atoms with Gasteiger partial charge in [-0.3, -0.25) is 19.7 Å². The summed E-state index contributed by atoms with van der Waals surface area (Å²) in [5.41, 5.74) is 0.591. The number of urea groups is 1. The third kappa shape index (κ3) is 5.71. The topological polar surface area (TPSA) is 114 Å². The van der Waals surface area contributed by atoms with E-state index < -0.39 is 24.5 Å². The van der Waals surface area contributed by atoms with Gasteiger partial charge in [0.15, 0.2) is 13.2 Å². The maximum absolute atomic E-state index is 12.1. The van der Waals surface area contributed by atoms with Gasteiger partial charge in [0.05, 0.1) is 12.1 Å². The van der Waals surface area contributed by atoms with Crippen molar-refractivity contribution >= 4 is 29.5 Å². The first-order valence-electron chi connectivity index (χ1n) is 10.2. The zero-order valence-electron chi connectivity index (χ0n) is 17.0. The number of nitrogens with zero attached hydrogens (tertiary/aromatic N) is 1. The number of hydrogen-bond donors (Lipinski definition) is 2. The molecule has 1 aromatic rings. The zero-order chi connectivity index (χ0) is 21.5. The SMILES string of the molecule is C[C@@H]1CCCC[C@@H]1NC(=O)NC(=O)COC(=O)CCN1C(=O)COc2ccccc21. The molecule has 1 aromatic carbocycles. The summed E-state index contributed by atoms with van der Waals surface area (Å²) in [5, 5.41) is 4.98. The summed E-state index contributed by atoms with van der Waals surface area (Å²) in [6, 6.07) is 6.52. The first kappa shape index (κ1) is 21.6. The number of esters is 1. The van der Waals surface area contributed by atoms with Crippen molar-refractivity contribution in [3.8, 4) is 5.75 Å². The Morgan fingerprint density at radius 1 is 1.20 bits per heavy atom. The monoisotopic (exact) mass is 417 g/mol. The van der Waals surface area contributed by atoms with Gasteiger partial charge in [0, 0.05) is 12.6 Å². The molecule has 9 heteroatoms. The summed E-state index contributed by atoms with van der Waals surface area (Å²) < 4.78 is 10.3. The number of imide groups is 1. The zero-order valence-corrected chi connectivity index (χ0v) is 17.0. The summed E-state index contributed by atoms with van der Waals surface area (Å²) in [7, 11) is 0. The van der Waals surface area contributed by atoms with Gasteiger partial charge in [-0.25, -0.2) is 4.79 Å². The fraction of sp³-hybridized carbons (Fsp3) is 0.524. The van der Waals surface area contributed by atoms with Crippen LogP contribution in [0.3, 0.4) is 0 Å². The molecule has 1 aliphatic heterocycles. The number of para-hydroxylation sites is 2. The summed E-state index contributed by atoms with van der Waals surface area (Å²) >= 11 is 0. The second-order valence-corrected chi connectivity index (χ2v) is 7.60. The van der Waals surface area contributed by atoms with Crippen LogP contribution in [0.25, 0.3) is 0 Å². The van der Waals surface area contributed by atoms with Crippen LogP contribution >= 0.6 is 0 Å². The van der Waals surface area contributed by atoms with Gasteiger partial charge in [0.25, 0.3) is 11.8 Å². The number of benzene rings is 1. The summed E-state index contributed by atoms with van der Waals surface area (Å²) in [5.74, 6) is -0.651. The van der Waals surface area contributed by atoms with Crippen molar-refractivity contribution in [3.63, 3.8) is 0 Å². The van der Waals surface area contributed by atoms with Gasteiger partial charge in [-0.05, 0) is 30.9 Å². The van der Waals surface area contributed by atoms with Crippen LogP contribution in [0.2, 0.25) is 0 Å². The predicted octanol–water partition coefficient (Wildman–Crippen LogP) is 1.75. The molecule has 0 aromatic heterocycles. The lowest BCUT2D eigenvalue weighted by Gasteiger charge is -2.29. The van der Waals surface area contributed by atoms with E-state index in [1.54, 1.807) is 24.3 Å². The molecule has 0 saturated heterocycles. The Hall–Kier alpha value is -3.10. The highest BCUT2D eigenvalue weighted by Crippen LogP contribution is 2.31. The van der Waals surface area contributed by atoms with Crippen LogP contribution in [-0.2, 0) is 19.1 Å². The average molecular weight is 417 g/mol. The van der Waals surface area contributed by atoms with E-state index in [4.69, 9.17) is 9.47 Å². The minimum absolute atomic E-state index is 0.0445.